The van der Waals surface area contributed by atoms with Crippen LogP contribution in [-0.2, 0) is 0 Å². The number of pyridine rings is 1. The van der Waals surface area contributed by atoms with Crippen molar-refractivity contribution in [2.45, 2.75) is 40.2 Å². The standard InChI is InChI=1S/C11H18N2/c1-5-10(4)13-11-9(3)6-8(2)7-12-11/h6-7,10H,5H2,1-4H3,(H,12,13). The summed E-state index contributed by atoms with van der Waals surface area (Å²) < 4.78 is 0. The van der Waals surface area contributed by atoms with Crippen molar-refractivity contribution in [2.75, 3.05) is 5.32 Å². The molecule has 1 rings (SSSR count). The highest BCUT2D eigenvalue weighted by molar-refractivity contribution is 5.44. The fourth-order valence-corrected chi connectivity index (χ4v) is 1.20. The normalized spacial score (nSPS) is 12.6. The van der Waals surface area contributed by atoms with E-state index in [-0.39, 0.29) is 0 Å². The fourth-order valence-electron chi connectivity index (χ4n) is 1.20. The lowest BCUT2D eigenvalue weighted by molar-refractivity contribution is 0.757. The molecule has 0 spiro atoms. The van der Waals surface area contributed by atoms with Crippen LogP contribution in [0.2, 0.25) is 0 Å². The van der Waals surface area contributed by atoms with Crippen molar-refractivity contribution in [3.8, 4) is 0 Å². The molecule has 72 valence electrons. The van der Waals surface area contributed by atoms with E-state index >= 15 is 0 Å². The van der Waals surface area contributed by atoms with Crippen LogP contribution in [0.1, 0.15) is 31.4 Å². The summed E-state index contributed by atoms with van der Waals surface area (Å²) in [6, 6.07) is 2.64. The zero-order valence-electron chi connectivity index (χ0n) is 8.89. The van der Waals surface area contributed by atoms with E-state index in [9.17, 15) is 0 Å². The molecule has 1 N–H and O–H groups in total. The number of nitrogens with zero attached hydrogens (tertiary/aromatic N) is 1. The van der Waals surface area contributed by atoms with Gasteiger partial charge in [0.15, 0.2) is 0 Å². The molecule has 1 aromatic rings. The van der Waals surface area contributed by atoms with E-state index in [0.717, 1.165) is 12.2 Å². The third kappa shape index (κ3) is 2.72. The summed E-state index contributed by atoms with van der Waals surface area (Å²) in [5.41, 5.74) is 2.44. The molecule has 1 atom stereocenters. The van der Waals surface area contributed by atoms with Gasteiger partial charge in [-0.3, -0.25) is 0 Å². The maximum Gasteiger partial charge on any atom is 0.129 e. The molecular formula is C11H18N2. The highest BCUT2D eigenvalue weighted by atomic mass is 15.0. The summed E-state index contributed by atoms with van der Waals surface area (Å²) in [6.45, 7) is 8.49. The number of hydrogen-bond donors (Lipinski definition) is 1. The number of aryl methyl sites for hydroxylation is 2. The molecule has 1 aromatic heterocycles. The maximum atomic E-state index is 4.35. The maximum absolute atomic E-state index is 4.35. The Hall–Kier alpha value is -1.05. The molecule has 0 aliphatic carbocycles. The van der Waals surface area contributed by atoms with Crippen molar-refractivity contribution < 1.29 is 0 Å². The minimum atomic E-state index is 0.494. The fraction of sp³-hybridized carbons (Fsp3) is 0.545. The minimum Gasteiger partial charge on any atom is -0.367 e. The Morgan fingerprint density at radius 3 is 2.69 bits per heavy atom. The van der Waals surface area contributed by atoms with Crippen molar-refractivity contribution in [3.05, 3.63) is 23.4 Å². The molecule has 13 heavy (non-hydrogen) atoms. The highest BCUT2D eigenvalue weighted by Gasteiger charge is 2.02. The molecule has 0 saturated heterocycles. The average Bonchev–Trinajstić information content (AvgIpc) is 2.09. The van der Waals surface area contributed by atoms with Crippen LogP contribution in [0.3, 0.4) is 0 Å². The lowest BCUT2D eigenvalue weighted by Crippen LogP contribution is -2.15. The number of anilines is 1. The van der Waals surface area contributed by atoms with Crippen LogP contribution in [0, 0.1) is 13.8 Å². The second-order valence-corrected chi connectivity index (χ2v) is 3.63. The lowest BCUT2D eigenvalue weighted by Gasteiger charge is -2.14. The summed E-state index contributed by atoms with van der Waals surface area (Å²) in [5.74, 6) is 1.01. The molecule has 0 aliphatic rings. The van der Waals surface area contributed by atoms with Gasteiger partial charge in [-0.15, -0.1) is 0 Å². The van der Waals surface area contributed by atoms with Gasteiger partial charge in [0.05, 0.1) is 0 Å². The molecule has 1 heterocycles. The van der Waals surface area contributed by atoms with Gasteiger partial charge in [-0.2, -0.15) is 0 Å². The third-order valence-corrected chi connectivity index (χ3v) is 2.21. The van der Waals surface area contributed by atoms with Crippen LogP contribution in [0.15, 0.2) is 12.3 Å². The molecule has 0 aromatic carbocycles. The van der Waals surface area contributed by atoms with E-state index in [4.69, 9.17) is 0 Å². The Bertz CT molecular complexity index is 281. The first-order valence-corrected chi connectivity index (χ1v) is 4.83. The van der Waals surface area contributed by atoms with E-state index in [1.807, 2.05) is 6.20 Å². The molecule has 0 aliphatic heterocycles. The summed E-state index contributed by atoms with van der Waals surface area (Å²) in [7, 11) is 0. The van der Waals surface area contributed by atoms with Crippen molar-refractivity contribution in [3.63, 3.8) is 0 Å². The smallest absolute Gasteiger partial charge is 0.129 e. The van der Waals surface area contributed by atoms with Crippen molar-refractivity contribution in [1.82, 2.24) is 4.98 Å². The summed E-state index contributed by atoms with van der Waals surface area (Å²) >= 11 is 0. The van der Waals surface area contributed by atoms with E-state index in [1.165, 1.54) is 11.1 Å². The van der Waals surface area contributed by atoms with Crippen molar-refractivity contribution >= 4 is 5.82 Å². The largest absolute Gasteiger partial charge is 0.367 e. The number of nitrogens with one attached hydrogen (secondary N) is 1. The van der Waals surface area contributed by atoms with Crippen LogP contribution in [0.25, 0.3) is 0 Å². The second kappa shape index (κ2) is 4.26. The van der Waals surface area contributed by atoms with Crippen LogP contribution in [-0.4, -0.2) is 11.0 Å². The average molecular weight is 178 g/mol. The van der Waals surface area contributed by atoms with Crippen LogP contribution in [0.5, 0.6) is 0 Å². The zero-order valence-corrected chi connectivity index (χ0v) is 8.89. The van der Waals surface area contributed by atoms with Gasteiger partial charge >= 0.3 is 0 Å². The molecule has 0 amide bonds. The SMILES string of the molecule is CCC(C)Nc1ncc(C)cc1C. The van der Waals surface area contributed by atoms with E-state index in [0.29, 0.717) is 6.04 Å². The van der Waals surface area contributed by atoms with Gasteiger partial charge in [-0.05, 0) is 38.3 Å². The molecule has 0 fully saturated rings. The van der Waals surface area contributed by atoms with Crippen LogP contribution >= 0.6 is 0 Å². The molecule has 1 unspecified atom stereocenters. The van der Waals surface area contributed by atoms with Gasteiger partial charge < -0.3 is 5.32 Å². The van der Waals surface area contributed by atoms with Gasteiger partial charge in [0.25, 0.3) is 0 Å². The van der Waals surface area contributed by atoms with E-state index < -0.39 is 0 Å². The minimum absolute atomic E-state index is 0.494. The number of aromatic nitrogens is 1. The summed E-state index contributed by atoms with van der Waals surface area (Å²) in [5, 5.41) is 3.38. The topological polar surface area (TPSA) is 24.9 Å². The second-order valence-electron chi connectivity index (χ2n) is 3.63. The number of hydrogen-bond acceptors (Lipinski definition) is 2. The molecule has 0 bridgehead atoms. The van der Waals surface area contributed by atoms with Gasteiger partial charge in [0.2, 0.25) is 0 Å². The molecule has 0 radical (unpaired) electrons. The Morgan fingerprint density at radius 1 is 1.46 bits per heavy atom. The Morgan fingerprint density at radius 2 is 2.15 bits per heavy atom. The quantitative estimate of drug-likeness (QED) is 0.769. The first-order chi connectivity index (χ1) is 6.13. The van der Waals surface area contributed by atoms with Gasteiger partial charge in [-0.25, -0.2) is 4.98 Å². The monoisotopic (exact) mass is 178 g/mol. The van der Waals surface area contributed by atoms with Gasteiger partial charge in [0.1, 0.15) is 5.82 Å². The molecular weight excluding hydrogens is 160 g/mol. The number of rotatable bonds is 3. The van der Waals surface area contributed by atoms with Crippen LogP contribution in [0.4, 0.5) is 5.82 Å². The molecule has 0 saturated carbocycles. The lowest BCUT2D eigenvalue weighted by atomic mass is 10.2. The van der Waals surface area contributed by atoms with E-state index in [2.05, 4.69) is 44.1 Å². The van der Waals surface area contributed by atoms with Crippen molar-refractivity contribution in [2.24, 2.45) is 0 Å². The first-order valence-electron chi connectivity index (χ1n) is 4.83. The summed E-state index contributed by atoms with van der Waals surface area (Å²) in [6.07, 6.45) is 3.02. The Balaban J connectivity index is 2.77. The molecule has 2 nitrogen and oxygen atoms in total. The van der Waals surface area contributed by atoms with Crippen molar-refractivity contribution in [1.29, 1.82) is 0 Å². The predicted molar refractivity (Wildman–Crippen MR) is 57.1 cm³/mol. The van der Waals surface area contributed by atoms with Crippen LogP contribution < -0.4 is 5.32 Å². The first kappa shape index (κ1) is 10.0. The molecule has 2 heteroatoms. The third-order valence-electron chi connectivity index (χ3n) is 2.21. The zero-order chi connectivity index (χ0) is 9.84. The summed E-state index contributed by atoms with van der Waals surface area (Å²) in [4.78, 5) is 4.35. The van der Waals surface area contributed by atoms with E-state index in [1.54, 1.807) is 0 Å². The predicted octanol–water partition coefficient (Wildman–Crippen LogP) is 2.91. The van der Waals surface area contributed by atoms with Gasteiger partial charge in [0, 0.05) is 12.2 Å². The Kier molecular flexibility index (Phi) is 3.29. The highest BCUT2D eigenvalue weighted by Crippen LogP contribution is 2.13. The Labute approximate surface area is 80.4 Å². The van der Waals surface area contributed by atoms with Gasteiger partial charge in [-0.1, -0.05) is 13.0 Å².